The van der Waals surface area contributed by atoms with Crippen molar-refractivity contribution in [3.8, 4) is 11.6 Å². The molecule has 1 aromatic heterocycles. The molecule has 0 unspecified atom stereocenters. The zero-order valence-corrected chi connectivity index (χ0v) is 11.4. The smallest absolute Gasteiger partial charge is 0.337 e. The first kappa shape index (κ1) is 13.6. The third-order valence-electron chi connectivity index (χ3n) is 2.35. The highest BCUT2D eigenvalue weighted by molar-refractivity contribution is 6.32. The van der Waals surface area contributed by atoms with E-state index in [1.54, 1.807) is 12.1 Å². The minimum atomic E-state index is -1.10. The van der Waals surface area contributed by atoms with Crippen LogP contribution in [0.3, 0.4) is 0 Å². The van der Waals surface area contributed by atoms with E-state index in [2.05, 4.69) is 4.98 Å². The Hall–Kier alpha value is -1.78. The van der Waals surface area contributed by atoms with E-state index >= 15 is 0 Å². The number of halogens is 2. The van der Waals surface area contributed by atoms with Crippen LogP contribution in [-0.4, -0.2) is 16.1 Å². The van der Waals surface area contributed by atoms with Crippen LogP contribution >= 0.6 is 23.2 Å². The van der Waals surface area contributed by atoms with E-state index in [-0.39, 0.29) is 16.5 Å². The van der Waals surface area contributed by atoms with Crippen molar-refractivity contribution in [2.24, 2.45) is 0 Å². The summed E-state index contributed by atoms with van der Waals surface area (Å²) in [4.78, 5) is 14.6. The number of hydrogen-bond donors (Lipinski definition) is 1. The third-order valence-corrected chi connectivity index (χ3v) is 2.93. The molecule has 1 heterocycles. The minimum absolute atomic E-state index is 0.00677. The van der Waals surface area contributed by atoms with Crippen LogP contribution in [0.1, 0.15) is 15.9 Å². The minimum Gasteiger partial charge on any atom is -0.478 e. The Morgan fingerprint density at radius 1 is 1.26 bits per heavy atom. The molecule has 0 amide bonds. The monoisotopic (exact) mass is 297 g/mol. The van der Waals surface area contributed by atoms with Gasteiger partial charge in [0.05, 0.1) is 10.6 Å². The summed E-state index contributed by atoms with van der Waals surface area (Å²) in [6, 6.07) is 6.56. The maximum absolute atomic E-state index is 10.8. The van der Waals surface area contributed by atoms with Gasteiger partial charge in [-0.15, -0.1) is 0 Å². The van der Waals surface area contributed by atoms with Crippen molar-refractivity contribution in [3.63, 3.8) is 0 Å². The first-order valence-electron chi connectivity index (χ1n) is 5.30. The van der Waals surface area contributed by atoms with Crippen molar-refractivity contribution >= 4 is 29.2 Å². The van der Waals surface area contributed by atoms with Gasteiger partial charge in [0.25, 0.3) is 0 Å². The van der Waals surface area contributed by atoms with Crippen molar-refractivity contribution in [1.82, 2.24) is 4.98 Å². The molecule has 1 aromatic carbocycles. The lowest BCUT2D eigenvalue weighted by Crippen LogP contribution is -1.98. The zero-order chi connectivity index (χ0) is 14.0. The van der Waals surface area contributed by atoms with Gasteiger partial charge in [-0.05, 0) is 30.7 Å². The summed E-state index contributed by atoms with van der Waals surface area (Å²) in [5.74, 6) is -0.576. The highest BCUT2D eigenvalue weighted by atomic mass is 35.5. The maximum atomic E-state index is 10.8. The van der Waals surface area contributed by atoms with Crippen molar-refractivity contribution in [2.75, 3.05) is 0 Å². The highest BCUT2D eigenvalue weighted by Crippen LogP contribution is 2.32. The van der Waals surface area contributed by atoms with Gasteiger partial charge in [0.15, 0.2) is 0 Å². The summed E-state index contributed by atoms with van der Waals surface area (Å²) >= 11 is 11.9. The van der Waals surface area contributed by atoms with Crippen LogP contribution < -0.4 is 4.74 Å². The van der Waals surface area contributed by atoms with Crippen LogP contribution in [0.2, 0.25) is 10.0 Å². The number of carboxylic acid groups (broad SMARTS) is 1. The van der Waals surface area contributed by atoms with Gasteiger partial charge < -0.3 is 9.84 Å². The second-order valence-corrected chi connectivity index (χ2v) is 4.67. The lowest BCUT2D eigenvalue weighted by atomic mass is 10.2. The van der Waals surface area contributed by atoms with Crippen LogP contribution in [0.25, 0.3) is 0 Å². The molecule has 2 aromatic rings. The average molecular weight is 298 g/mol. The second kappa shape index (κ2) is 5.47. The van der Waals surface area contributed by atoms with E-state index in [1.165, 1.54) is 12.3 Å². The molecule has 0 radical (unpaired) electrons. The number of carbonyl (C=O) groups is 1. The maximum Gasteiger partial charge on any atom is 0.337 e. The average Bonchev–Trinajstić information content (AvgIpc) is 2.36. The van der Waals surface area contributed by atoms with Crippen LogP contribution in [0.4, 0.5) is 0 Å². The number of ether oxygens (including phenoxy) is 1. The fraction of sp³-hybridized carbons (Fsp3) is 0.0769. The molecule has 0 saturated carbocycles. The Bertz CT molecular complexity index is 644. The molecule has 0 aliphatic rings. The Morgan fingerprint density at radius 2 is 2.00 bits per heavy atom. The van der Waals surface area contributed by atoms with Gasteiger partial charge in [0.1, 0.15) is 10.8 Å². The van der Waals surface area contributed by atoms with E-state index in [0.29, 0.717) is 10.8 Å². The van der Waals surface area contributed by atoms with Crippen molar-refractivity contribution < 1.29 is 14.6 Å². The number of pyridine rings is 1. The number of carboxylic acids is 1. The van der Waals surface area contributed by atoms with E-state index < -0.39 is 5.97 Å². The summed E-state index contributed by atoms with van der Waals surface area (Å²) in [5, 5.41) is 9.34. The molecule has 0 aliphatic carbocycles. The number of aromatic nitrogens is 1. The van der Waals surface area contributed by atoms with Gasteiger partial charge in [0.2, 0.25) is 5.88 Å². The van der Waals surface area contributed by atoms with E-state index in [4.69, 9.17) is 33.0 Å². The third kappa shape index (κ3) is 3.16. The fourth-order valence-corrected chi connectivity index (χ4v) is 1.77. The van der Waals surface area contributed by atoms with Crippen molar-refractivity contribution in [1.29, 1.82) is 0 Å². The lowest BCUT2D eigenvalue weighted by Gasteiger charge is -2.09. The molecule has 0 fully saturated rings. The molecule has 0 saturated heterocycles. The standard InChI is InChI=1S/C13H9Cl2NO3/c1-7-2-3-9(14)11(4-7)19-12-10(15)5-8(6-16-12)13(17)18/h2-6H,1H3,(H,17,18). The largest absolute Gasteiger partial charge is 0.478 e. The summed E-state index contributed by atoms with van der Waals surface area (Å²) in [6.07, 6.45) is 1.17. The number of aromatic carboxylic acids is 1. The number of benzene rings is 1. The van der Waals surface area contributed by atoms with Crippen molar-refractivity contribution in [3.05, 3.63) is 51.6 Å². The van der Waals surface area contributed by atoms with Crippen molar-refractivity contribution in [2.45, 2.75) is 6.92 Å². The normalized spacial score (nSPS) is 10.3. The summed E-state index contributed by atoms with van der Waals surface area (Å²) < 4.78 is 5.49. The fourth-order valence-electron chi connectivity index (χ4n) is 1.41. The number of rotatable bonds is 3. The molecule has 0 spiro atoms. The molecule has 1 N–H and O–H groups in total. The molecular formula is C13H9Cl2NO3. The molecule has 0 atom stereocenters. The summed E-state index contributed by atoms with van der Waals surface area (Å²) in [7, 11) is 0. The first-order chi connectivity index (χ1) is 8.97. The topological polar surface area (TPSA) is 59.4 Å². The van der Waals surface area contributed by atoms with Crippen LogP contribution in [0.15, 0.2) is 30.5 Å². The Balaban J connectivity index is 2.33. The summed E-state index contributed by atoms with van der Waals surface area (Å²) in [6.45, 7) is 1.89. The lowest BCUT2D eigenvalue weighted by molar-refractivity contribution is 0.0696. The van der Waals surface area contributed by atoms with Gasteiger partial charge in [-0.1, -0.05) is 29.3 Å². The van der Waals surface area contributed by atoms with Crippen LogP contribution in [0.5, 0.6) is 11.6 Å². The molecule has 4 nitrogen and oxygen atoms in total. The van der Waals surface area contributed by atoms with E-state index in [0.717, 1.165) is 5.56 Å². The quantitative estimate of drug-likeness (QED) is 0.923. The number of hydrogen-bond acceptors (Lipinski definition) is 3. The van der Waals surface area contributed by atoms with Gasteiger partial charge in [-0.3, -0.25) is 0 Å². The van der Waals surface area contributed by atoms with Gasteiger partial charge in [-0.25, -0.2) is 9.78 Å². The van der Waals surface area contributed by atoms with Gasteiger partial charge in [0, 0.05) is 6.20 Å². The van der Waals surface area contributed by atoms with E-state index in [9.17, 15) is 4.79 Å². The Labute approximate surface area is 119 Å². The number of nitrogens with zero attached hydrogens (tertiary/aromatic N) is 1. The van der Waals surface area contributed by atoms with Gasteiger partial charge in [-0.2, -0.15) is 0 Å². The molecule has 0 bridgehead atoms. The van der Waals surface area contributed by atoms with Crippen LogP contribution in [0, 0.1) is 6.92 Å². The predicted octanol–water partition coefficient (Wildman–Crippen LogP) is 4.19. The molecule has 2 rings (SSSR count). The second-order valence-electron chi connectivity index (χ2n) is 3.85. The Morgan fingerprint density at radius 3 is 2.63 bits per heavy atom. The van der Waals surface area contributed by atoms with E-state index in [1.807, 2.05) is 13.0 Å². The SMILES string of the molecule is Cc1ccc(Cl)c(Oc2ncc(C(=O)O)cc2Cl)c1. The van der Waals surface area contributed by atoms with Gasteiger partial charge >= 0.3 is 5.97 Å². The zero-order valence-electron chi connectivity index (χ0n) is 9.85. The Kier molecular flexibility index (Phi) is 3.93. The first-order valence-corrected chi connectivity index (χ1v) is 6.06. The predicted molar refractivity (Wildman–Crippen MR) is 72.5 cm³/mol. The molecule has 6 heteroatoms. The molecule has 0 aliphatic heterocycles. The molecule has 19 heavy (non-hydrogen) atoms. The highest BCUT2D eigenvalue weighted by Gasteiger charge is 2.11. The summed E-state index contributed by atoms with van der Waals surface area (Å²) in [5.41, 5.74) is 0.963. The van der Waals surface area contributed by atoms with Crippen LogP contribution in [-0.2, 0) is 0 Å². The molecule has 98 valence electrons. The number of aryl methyl sites for hydroxylation is 1. The molecular weight excluding hydrogens is 289 g/mol.